The number of thiazole rings is 2. The summed E-state index contributed by atoms with van der Waals surface area (Å²) >= 11 is 2.79. The first kappa shape index (κ1) is 41.5. The monoisotopic (exact) mass is 491 g/mol. The van der Waals surface area contributed by atoms with E-state index in [2.05, 4.69) is 48.3 Å². The van der Waals surface area contributed by atoms with Gasteiger partial charge in [0.15, 0.2) is 10.3 Å². The second-order valence-electron chi connectivity index (χ2n) is 5.22. The summed E-state index contributed by atoms with van der Waals surface area (Å²) < 4.78 is 0. The first-order valence-corrected chi connectivity index (χ1v) is 11.2. The summed E-state index contributed by atoms with van der Waals surface area (Å²) in [5.74, 6) is -0.217. The fourth-order valence-electron chi connectivity index (χ4n) is 1.27. The van der Waals surface area contributed by atoms with Crippen LogP contribution in [0.5, 0.6) is 0 Å². The molecule has 0 spiro atoms. The molecule has 0 aliphatic carbocycles. The average Bonchev–Trinajstić information content (AvgIpc) is 3.39. The summed E-state index contributed by atoms with van der Waals surface area (Å²) in [5, 5.41) is 15.0. The molecule has 9 nitrogen and oxygen atoms in total. The van der Waals surface area contributed by atoms with E-state index in [9.17, 15) is 9.59 Å². The van der Waals surface area contributed by atoms with Gasteiger partial charge in [-0.05, 0) is 6.42 Å². The van der Waals surface area contributed by atoms with E-state index < -0.39 is 0 Å². The smallest absolute Gasteiger partial charge is 0.391 e. The maximum Gasteiger partial charge on any atom is 1.00 e. The zero-order valence-corrected chi connectivity index (χ0v) is 22.2. The molecule has 0 saturated carbocycles. The minimum absolute atomic E-state index is 0. The Labute approximate surface area is 219 Å². The second kappa shape index (κ2) is 30.2. The van der Waals surface area contributed by atoms with Crippen molar-refractivity contribution in [2.75, 3.05) is 10.6 Å². The van der Waals surface area contributed by atoms with Gasteiger partial charge in [0.1, 0.15) is 0 Å². The molecule has 2 heterocycles. The van der Waals surface area contributed by atoms with Crippen LogP contribution in [0.2, 0.25) is 0 Å². The molecule has 0 aliphatic rings. The molecule has 0 saturated heterocycles. The van der Waals surface area contributed by atoms with Gasteiger partial charge in [0.05, 0.1) is 11.5 Å². The zero-order chi connectivity index (χ0) is 24.7. The largest absolute Gasteiger partial charge is 1.00 e. The van der Waals surface area contributed by atoms with Crippen LogP contribution in [0.25, 0.3) is 0 Å². The maximum absolute atomic E-state index is 10.6. The number of hydrogen-bond donors (Lipinski definition) is 3. The topological polar surface area (TPSA) is 138 Å². The van der Waals surface area contributed by atoms with Crippen molar-refractivity contribution in [2.24, 2.45) is 0 Å². The molecule has 0 aliphatic heterocycles. The van der Waals surface area contributed by atoms with Crippen molar-refractivity contribution in [2.45, 2.75) is 67.4 Å². The summed E-state index contributed by atoms with van der Waals surface area (Å²) in [5.41, 5.74) is 0. The van der Waals surface area contributed by atoms with Gasteiger partial charge in [-0.15, -0.1) is 11.3 Å². The molecular weight excluding hydrogens is 458 g/mol. The molecule has 3 N–H and O–H groups in total. The van der Waals surface area contributed by atoms with Gasteiger partial charge < -0.3 is 22.7 Å². The Morgan fingerprint density at radius 2 is 1.27 bits per heavy atom. The molecule has 3 radical (unpaired) electrons. The van der Waals surface area contributed by atoms with Crippen LogP contribution in [0.15, 0.2) is 12.4 Å². The summed E-state index contributed by atoms with van der Waals surface area (Å²) in [6, 6.07) is 0. The minimum atomic E-state index is -0.149. The van der Waals surface area contributed by atoms with Crippen molar-refractivity contribution in [3.05, 3.63) is 29.1 Å². The number of aliphatic hydroxyl groups excluding tert-OH is 1. The van der Waals surface area contributed by atoms with Crippen LogP contribution in [-0.4, -0.2) is 41.5 Å². The molecule has 2 aromatic rings. The minimum Gasteiger partial charge on any atom is -0.391 e. The number of unbranched alkanes of at least 4 members (excludes halogenated alkanes) is 1. The zero-order valence-electron chi connectivity index (χ0n) is 20.6. The van der Waals surface area contributed by atoms with E-state index in [-0.39, 0.29) is 51.8 Å². The van der Waals surface area contributed by atoms with Crippen LogP contribution < -0.4 is 29.5 Å². The molecule has 0 aromatic carbocycles. The molecule has 33 heavy (non-hydrogen) atoms. The number of amides is 2. The Morgan fingerprint density at radius 3 is 1.48 bits per heavy atom. The summed E-state index contributed by atoms with van der Waals surface area (Å²) in [7, 11) is 0. The molecule has 179 valence electrons. The van der Waals surface area contributed by atoms with Gasteiger partial charge in [-0.25, -0.2) is 9.97 Å². The van der Waals surface area contributed by atoms with Gasteiger partial charge in [0, 0.05) is 39.5 Å². The first-order valence-electron chi connectivity index (χ1n) is 9.53. The van der Waals surface area contributed by atoms with E-state index in [1.54, 1.807) is 13.1 Å². The van der Waals surface area contributed by atoms with E-state index in [0.717, 1.165) is 11.3 Å². The second-order valence-corrected chi connectivity index (χ2v) is 7.45. The Morgan fingerprint density at radius 1 is 0.939 bits per heavy atom. The SMILES string of the molecule is CC(=O)Nc1ncc(CO)s1.CCCC.CCc1cnc(NC(C)=O)s1.O=C=O.[B].[CH2-]C.[Li+]. The molecule has 0 fully saturated rings. The Balaban J connectivity index is -0.000000112. The predicted molar refractivity (Wildman–Crippen MR) is 131 cm³/mol. The van der Waals surface area contributed by atoms with Gasteiger partial charge in [0.2, 0.25) is 11.8 Å². The third-order valence-corrected chi connectivity index (χ3v) is 4.63. The summed E-state index contributed by atoms with van der Waals surface area (Å²) in [6.45, 7) is 14.3. The number of carbonyl (C=O) groups excluding carboxylic acids is 4. The molecule has 2 rings (SSSR count). The Bertz CT molecular complexity index is 698. The molecular formula is C20H33BLiN4O5S2. The molecule has 2 amide bonds. The summed E-state index contributed by atoms with van der Waals surface area (Å²) in [4.78, 5) is 47.1. The van der Waals surface area contributed by atoms with Crippen molar-refractivity contribution in [3.63, 3.8) is 0 Å². The van der Waals surface area contributed by atoms with E-state index in [0.29, 0.717) is 10.3 Å². The molecule has 2 aromatic heterocycles. The van der Waals surface area contributed by atoms with Crippen molar-refractivity contribution >= 4 is 59.3 Å². The van der Waals surface area contributed by atoms with Crippen LogP contribution in [0.3, 0.4) is 0 Å². The molecule has 13 heteroatoms. The van der Waals surface area contributed by atoms with Crippen molar-refractivity contribution in [1.82, 2.24) is 9.97 Å². The third-order valence-electron chi connectivity index (χ3n) is 2.68. The number of hydrogen-bond acceptors (Lipinski definition) is 9. The van der Waals surface area contributed by atoms with Crippen LogP contribution in [0.4, 0.5) is 10.3 Å². The van der Waals surface area contributed by atoms with E-state index in [1.165, 1.54) is 60.4 Å². The van der Waals surface area contributed by atoms with Gasteiger partial charge >= 0.3 is 25.0 Å². The fraction of sp³-hybridized carbons (Fsp3) is 0.500. The van der Waals surface area contributed by atoms with Crippen molar-refractivity contribution in [1.29, 1.82) is 0 Å². The third kappa shape index (κ3) is 28.2. The Hall–Kier alpha value is -1.80. The quantitative estimate of drug-likeness (QED) is 0.418. The number of aliphatic hydroxyl groups is 1. The summed E-state index contributed by atoms with van der Waals surface area (Å²) in [6.07, 6.45) is 7.18. The standard InChI is InChI=1S/C7H10N2OS.C6H8N2O2S.C4H10.C2H5.CO2.B.Li/c1-3-6-4-8-7(11-6)9-5(2)10;1-4(10)8-6-7-2-5(3-9)11-6;1-3-4-2;1-2;2-1-3;;/h4H,3H2,1-2H3,(H,8,9,10);2,9H,3H2,1H3,(H,7,8,10);3-4H2,1-2H3;1H2,2H3;;;/q;;;-1;;;+1. The maximum atomic E-state index is 10.6. The Kier molecular flexibility index (Phi) is 37.9. The normalized spacial score (nSPS) is 7.76. The van der Waals surface area contributed by atoms with Gasteiger partial charge in [-0.3, -0.25) is 9.59 Å². The van der Waals surface area contributed by atoms with E-state index in [4.69, 9.17) is 14.7 Å². The van der Waals surface area contributed by atoms with Crippen LogP contribution in [0, 0.1) is 6.92 Å². The van der Waals surface area contributed by atoms with Crippen LogP contribution in [0.1, 0.15) is 64.1 Å². The number of aryl methyl sites for hydroxylation is 1. The molecule has 0 atom stereocenters. The van der Waals surface area contributed by atoms with Crippen molar-refractivity contribution < 1.29 is 43.1 Å². The van der Waals surface area contributed by atoms with Crippen LogP contribution in [-0.2, 0) is 32.2 Å². The number of rotatable bonds is 5. The van der Waals surface area contributed by atoms with Gasteiger partial charge in [0.25, 0.3) is 0 Å². The fourth-order valence-corrected chi connectivity index (χ4v) is 2.79. The van der Waals surface area contributed by atoms with Gasteiger partial charge in [-0.2, -0.15) is 16.5 Å². The number of nitrogens with zero attached hydrogens (tertiary/aromatic N) is 2. The first-order chi connectivity index (χ1) is 14.8. The number of aromatic nitrogens is 2. The average molecular weight is 491 g/mol. The van der Waals surface area contributed by atoms with Gasteiger partial charge in [-0.1, -0.05) is 44.9 Å². The molecule has 0 bridgehead atoms. The number of anilines is 2. The number of nitrogens with one attached hydrogen (secondary N) is 2. The van der Waals surface area contributed by atoms with E-state index >= 15 is 0 Å². The van der Waals surface area contributed by atoms with Crippen molar-refractivity contribution in [3.8, 4) is 0 Å². The van der Waals surface area contributed by atoms with Crippen LogP contribution >= 0.6 is 22.7 Å². The van der Waals surface area contributed by atoms with E-state index in [1.807, 2.05) is 0 Å². The molecule has 0 unspecified atom stereocenters. The predicted octanol–water partition coefficient (Wildman–Crippen LogP) is 0.944. The number of carbonyl (C=O) groups is 2.